The Balaban J connectivity index is 1.48. The lowest BCUT2D eigenvalue weighted by Crippen LogP contribution is -2.13. The Kier molecular flexibility index (Phi) is 4.38. The summed E-state index contributed by atoms with van der Waals surface area (Å²) < 4.78 is 6.49. The Morgan fingerprint density at radius 1 is 0.541 bits per heavy atom. The van der Waals surface area contributed by atoms with Gasteiger partial charge in [-0.3, -0.25) is 4.99 Å². The van der Waals surface area contributed by atoms with Gasteiger partial charge in [-0.1, -0.05) is 103 Å². The lowest BCUT2D eigenvalue weighted by molar-refractivity contribution is 0.595. The summed E-state index contributed by atoms with van der Waals surface area (Å²) in [5.74, 6) is 0.918. The van der Waals surface area contributed by atoms with Crippen LogP contribution >= 0.6 is 0 Å². The molecule has 0 aliphatic carbocycles. The maximum atomic E-state index is 6.49. The molecule has 7 aromatic rings. The molecular weight excluding hydrogens is 450 g/mol. The number of benzene rings is 6. The van der Waals surface area contributed by atoms with Crippen molar-refractivity contribution in [3.05, 3.63) is 132 Å². The van der Waals surface area contributed by atoms with E-state index in [9.17, 15) is 0 Å². The van der Waals surface area contributed by atoms with Gasteiger partial charge < -0.3 is 4.42 Å². The topological polar surface area (TPSA) is 25.5 Å². The number of aliphatic imine (C=N–C) groups is 1. The smallest absolute Gasteiger partial charge is 0.157 e. The summed E-state index contributed by atoms with van der Waals surface area (Å²) in [5.41, 5.74) is 6.83. The van der Waals surface area contributed by atoms with E-state index >= 15 is 0 Å². The van der Waals surface area contributed by atoms with E-state index in [1.165, 1.54) is 54.4 Å². The molecule has 1 aliphatic rings. The van der Waals surface area contributed by atoms with E-state index in [0.717, 1.165) is 35.6 Å². The molecule has 2 nitrogen and oxygen atoms in total. The van der Waals surface area contributed by atoms with Crippen molar-refractivity contribution in [1.29, 1.82) is 0 Å². The van der Waals surface area contributed by atoms with Crippen molar-refractivity contribution in [3.63, 3.8) is 0 Å². The fourth-order valence-corrected chi connectivity index (χ4v) is 6.12. The lowest BCUT2D eigenvalue weighted by atomic mass is 9.85. The molecule has 0 radical (unpaired) electrons. The molecular formula is C35H23NO. The van der Waals surface area contributed by atoms with E-state index < -0.39 is 0 Å². The molecule has 0 amide bonds. The highest BCUT2D eigenvalue weighted by Crippen LogP contribution is 2.42. The van der Waals surface area contributed by atoms with Gasteiger partial charge in [-0.25, -0.2) is 0 Å². The first-order valence-electron chi connectivity index (χ1n) is 12.8. The minimum Gasteiger partial charge on any atom is -0.454 e. The maximum absolute atomic E-state index is 6.49. The SMILES string of the molecule is c1ccc2cc(-c3c4ccccc4c(C4=NCCc5c4oc4ccccc54)c4ccccc34)ccc2c1. The van der Waals surface area contributed by atoms with Crippen LogP contribution in [-0.2, 0) is 6.42 Å². The third-order valence-electron chi connectivity index (χ3n) is 7.75. The summed E-state index contributed by atoms with van der Waals surface area (Å²) in [4.78, 5) is 5.10. The normalized spacial score (nSPS) is 13.4. The lowest BCUT2D eigenvalue weighted by Gasteiger charge is -2.20. The third kappa shape index (κ3) is 3.02. The van der Waals surface area contributed by atoms with Gasteiger partial charge in [0.05, 0.1) is 0 Å². The molecule has 0 fully saturated rings. The van der Waals surface area contributed by atoms with Crippen LogP contribution in [0.15, 0.2) is 125 Å². The van der Waals surface area contributed by atoms with E-state index in [1.807, 2.05) is 6.07 Å². The van der Waals surface area contributed by atoms with Gasteiger partial charge in [0.25, 0.3) is 0 Å². The number of para-hydroxylation sites is 1. The molecule has 2 heteroatoms. The van der Waals surface area contributed by atoms with Crippen molar-refractivity contribution in [1.82, 2.24) is 0 Å². The fourth-order valence-electron chi connectivity index (χ4n) is 6.12. The third-order valence-corrected chi connectivity index (χ3v) is 7.75. The van der Waals surface area contributed by atoms with Gasteiger partial charge in [0.15, 0.2) is 5.76 Å². The molecule has 174 valence electrons. The van der Waals surface area contributed by atoms with Gasteiger partial charge in [0.1, 0.15) is 11.3 Å². The summed E-state index contributed by atoms with van der Waals surface area (Å²) in [6.07, 6.45) is 0.904. The van der Waals surface area contributed by atoms with Gasteiger partial charge in [0.2, 0.25) is 0 Å². The van der Waals surface area contributed by atoms with Crippen LogP contribution in [0.2, 0.25) is 0 Å². The van der Waals surface area contributed by atoms with Crippen molar-refractivity contribution in [2.24, 2.45) is 4.99 Å². The summed E-state index contributed by atoms with van der Waals surface area (Å²) in [6.45, 7) is 0.765. The Bertz CT molecular complexity index is 1990. The Morgan fingerprint density at radius 3 is 1.86 bits per heavy atom. The van der Waals surface area contributed by atoms with Gasteiger partial charge in [-0.15, -0.1) is 0 Å². The van der Waals surface area contributed by atoms with Crippen LogP contribution in [0.1, 0.15) is 16.9 Å². The highest BCUT2D eigenvalue weighted by Gasteiger charge is 2.27. The maximum Gasteiger partial charge on any atom is 0.157 e. The van der Waals surface area contributed by atoms with Crippen molar-refractivity contribution < 1.29 is 4.42 Å². The fraction of sp³-hybridized carbons (Fsp3) is 0.0571. The Morgan fingerprint density at radius 2 is 1.14 bits per heavy atom. The second-order valence-corrected chi connectivity index (χ2v) is 9.79. The molecule has 8 rings (SSSR count). The summed E-state index contributed by atoms with van der Waals surface area (Å²) in [5, 5.41) is 8.58. The van der Waals surface area contributed by atoms with Crippen LogP contribution < -0.4 is 0 Å². The number of rotatable bonds is 2. The molecule has 0 bridgehead atoms. The first kappa shape index (κ1) is 20.5. The summed E-state index contributed by atoms with van der Waals surface area (Å²) in [7, 11) is 0. The Hall–Kier alpha value is -4.69. The molecule has 0 N–H and O–H groups in total. The monoisotopic (exact) mass is 473 g/mol. The minimum absolute atomic E-state index is 0.765. The Labute approximate surface area is 214 Å². The second-order valence-electron chi connectivity index (χ2n) is 9.79. The number of furan rings is 1. The van der Waals surface area contributed by atoms with Gasteiger partial charge >= 0.3 is 0 Å². The molecule has 6 aromatic carbocycles. The predicted octanol–water partition coefficient (Wildman–Crippen LogP) is 8.95. The highest BCUT2D eigenvalue weighted by molar-refractivity contribution is 6.30. The van der Waals surface area contributed by atoms with E-state index in [2.05, 4.69) is 109 Å². The van der Waals surface area contributed by atoms with E-state index in [-0.39, 0.29) is 0 Å². The molecule has 0 saturated heterocycles. The van der Waals surface area contributed by atoms with E-state index in [0.29, 0.717) is 0 Å². The van der Waals surface area contributed by atoms with Crippen molar-refractivity contribution >= 4 is 49.0 Å². The van der Waals surface area contributed by atoms with Crippen molar-refractivity contribution in [2.75, 3.05) is 6.54 Å². The summed E-state index contributed by atoms with van der Waals surface area (Å²) >= 11 is 0. The van der Waals surface area contributed by atoms with Gasteiger partial charge in [-0.2, -0.15) is 0 Å². The number of hydrogen-bond donors (Lipinski definition) is 0. The zero-order valence-electron chi connectivity index (χ0n) is 20.2. The van der Waals surface area contributed by atoms with E-state index in [1.54, 1.807) is 0 Å². The molecule has 0 spiro atoms. The largest absolute Gasteiger partial charge is 0.454 e. The molecule has 37 heavy (non-hydrogen) atoms. The molecule has 0 unspecified atom stereocenters. The molecule has 1 aromatic heterocycles. The van der Waals surface area contributed by atoms with Gasteiger partial charge in [-0.05, 0) is 62.0 Å². The zero-order chi connectivity index (χ0) is 24.3. The number of nitrogens with zero attached hydrogens (tertiary/aromatic N) is 1. The van der Waals surface area contributed by atoms with Crippen LogP contribution in [-0.4, -0.2) is 12.3 Å². The molecule has 0 saturated carbocycles. The van der Waals surface area contributed by atoms with Crippen LogP contribution in [0.25, 0.3) is 54.4 Å². The average molecular weight is 474 g/mol. The quantitative estimate of drug-likeness (QED) is 0.230. The highest BCUT2D eigenvalue weighted by atomic mass is 16.3. The number of hydrogen-bond acceptors (Lipinski definition) is 2. The van der Waals surface area contributed by atoms with Crippen LogP contribution in [0.3, 0.4) is 0 Å². The van der Waals surface area contributed by atoms with Crippen molar-refractivity contribution in [2.45, 2.75) is 6.42 Å². The molecule has 0 atom stereocenters. The molecule has 1 aliphatic heterocycles. The first-order valence-corrected chi connectivity index (χ1v) is 12.8. The predicted molar refractivity (Wildman–Crippen MR) is 155 cm³/mol. The van der Waals surface area contributed by atoms with Crippen LogP contribution in [0.5, 0.6) is 0 Å². The van der Waals surface area contributed by atoms with E-state index in [4.69, 9.17) is 9.41 Å². The average Bonchev–Trinajstić information content (AvgIpc) is 3.35. The first-order chi connectivity index (χ1) is 18.4. The minimum atomic E-state index is 0.765. The standard InChI is InChI=1S/C35H23NO/c1-2-10-23-21-24(18-17-22(23)9-1)32-26-12-3-5-14-28(26)33(29-15-6-4-13-27(29)32)34-35-30(19-20-36-34)25-11-7-8-16-31(25)37-35/h1-18,21H,19-20H2. The molecule has 2 heterocycles. The second kappa shape index (κ2) is 7.91. The van der Waals surface area contributed by atoms with Crippen LogP contribution in [0, 0.1) is 0 Å². The number of fused-ring (bicyclic) bond motifs is 6. The van der Waals surface area contributed by atoms with Gasteiger partial charge in [0, 0.05) is 23.1 Å². The zero-order valence-corrected chi connectivity index (χ0v) is 20.2. The van der Waals surface area contributed by atoms with Crippen molar-refractivity contribution in [3.8, 4) is 11.1 Å². The summed E-state index contributed by atoms with van der Waals surface area (Å²) in [6, 6.07) is 41.2. The van der Waals surface area contributed by atoms with Crippen LogP contribution in [0.4, 0.5) is 0 Å².